The number of benzene rings is 1. The number of hydrogen-bond donors (Lipinski definition) is 1. The fraction of sp³-hybridized carbons (Fsp3) is 0.312. The average Bonchev–Trinajstić information content (AvgIpc) is 2.90. The SMILES string of the molecule is Cc1ccc(CNC(=O)[C@@H]2COc3ccccc3C2)s1. The number of thiophene rings is 1. The van der Waals surface area contributed by atoms with Gasteiger partial charge in [0.15, 0.2) is 0 Å². The normalized spacial score (nSPS) is 17.1. The molecular formula is C16H17NO2S. The molecule has 0 fully saturated rings. The lowest BCUT2D eigenvalue weighted by molar-refractivity contribution is -0.126. The van der Waals surface area contributed by atoms with Gasteiger partial charge < -0.3 is 10.1 Å². The molecule has 1 N–H and O–H groups in total. The summed E-state index contributed by atoms with van der Waals surface area (Å²) in [5, 5.41) is 3.00. The van der Waals surface area contributed by atoms with Crippen LogP contribution in [0, 0.1) is 12.8 Å². The second-order valence-corrected chi connectivity index (χ2v) is 6.42. The minimum absolute atomic E-state index is 0.0746. The highest BCUT2D eigenvalue weighted by molar-refractivity contribution is 7.11. The predicted octanol–water partition coefficient (Wildman–Crippen LogP) is 2.92. The minimum atomic E-state index is -0.0917. The molecule has 3 rings (SSSR count). The van der Waals surface area contributed by atoms with Crippen molar-refractivity contribution in [3.8, 4) is 5.75 Å². The summed E-state index contributed by atoms with van der Waals surface area (Å²) in [5.41, 5.74) is 1.12. The van der Waals surface area contributed by atoms with Crippen molar-refractivity contribution < 1.29 is 9.53 Å². The zero-order chi connectivity index (χ0) is 13.9. The zero-order valence-corrected chi connectivity index (χ0v) is 12.2. The fourth-order valence-corrected chi connectivity index (χ4v) is 3.23. The Hall–Kier alpha value is -1.81. The number of fused-ring (bicyclic) bond motifs is 1. The third-order valence-electron chi connectivity index (χ3n) is 3.48. The first-order valence-corrected chi connectivity index (χ1v) is 7.58. The van der Waals surface area contributed by atoms with Crippen molar-refractivity contribution in [2.75, 3.05) is 6.61 Å². The lowest BCUT2D eigenvalue weighted by atomic mass is 9.96. The van der Waals surface area contributed by atoms with E-state index in [2.05, 4.69) is 24.4 Å². The van der Waals surface area contributed by atoms with Crippen LogP contribution in [-0.4, -0.2) is 12.5 Å². The largest absolute Gasteiger partial charge is 0.492 e. The molecule has 4 heteroatoms. The number of para-hydroxylation sites is 1. The molecule has 0 saturated heterocycles. The first-order valence-electron chi connectivity index (χ1n) is 6.76. The Balaban J connectivity index is 1.59. The third-order valence-corrected chi connectivity index (χ3v) is 4.48. The first kappa shape index (κ1) is 13.2. The second-order valence-electron chi connectivity index (χ2n) is 5.05. The van der Waals surface area contributed by atoms with Gasteiger partial charge in [0, 0.05) is 9.75 Å². The first-order chi connectivity index (χ1) is 9.72. The Morgan fingerprint density at radius 1 is 1.35 bits per heavy atom. The Bertz CT molecular complexity index is 620. The van der Waals surface area contributed by atoms with Gasteiger partial charge in [0.05, 0.1) is 12.5 Å². The van der Waals surface area contributed by atoms with Crippen molar-refractivity contribution in [3.05, 3.63) is 51.7 Å². The molecule has 1 aliphatic rings. The summed E-state index contributed by atoms with van der Waals surface area (Å²) >= 11 is 1.72. The van der Waals surface area contributed by atoms with E-state index in [9.17, 15) is 4.79 Å². The Morgan fingerprint density at radius 3 is 3.00 bits per heavy atom. The molecule has 0 saturated carbocycles. The molecule has 1 amide bonds. The van der Waals surface area contributed by atoms with Crippen molar-refractivity contribution in [1.82, 2.24) is 5.32 Å². The molecule has 0 spiro atoms. The summed E-state index contributed by atoms with van der Waals surface area (Å²) in [6.07, 6.45) is 0.755. The van der Waals surface area contributed by atoms with Crippen molar-refractivity contribution >= 4 is 17.2 Å². The topological polar surface area (TPSA) is 38.3 Å². The number of carbonyl (C=O) groups excluding carboxylic acids is 1. The Kier molecular flexibility index (Phi) is 3.74. The number of amides is 1. The van der Waals surface area contributed by atoms with Crippen LogP contribution in [0.15, 0.2) is 36.4 Å². The number of rotatable bonds is 3. The number of aryl methyl sites for hydroxylation is 1. The molecule has 0 radical (unpaired) electrons. The molecule has 2 aromatic rings. The lowest BCUT2D eigenvalue weighted by Gasteiger charge is -2.24. The van der Waals surface area contributed by atoms with E-state index >= 15 is 0 Å². The maximum Gasteiger partial charge on any atom is 0.227 e. The van der Waals surface area contributed by atoms with Gasteiger partial charge in [0.2, 0.25) is 5.91 Å². The van der Waals surface area contributed by atoms with Gasteiger partial charge >= 0.3 is 0 Å². The van der Waals surface area contributed by atoms with Crippen LogP contribution in [0.5, 0.6) is 5.75 Å². The van der Waals surface area contributed by atoms with Gasteiger partial charge in [0.25, 0.3) is 0 Å². The standard InChI is InChI=1S/C16H17NO2S/c1-11-6-7-14(20-11)9-17-16(18)13-8-12-4-2-3-5-15(12)19-10-13/h2-7,13H,8-10H2,1H3,(H,17,18)/t13-/m0/s1. The quantitative estimate of drug-likeness (QED) is 0.942. The van der Waals surface area contributed by atoms with Gasteiger partial charge in [-0.15, -0.1) is 11.3 Å². The maximum atomic E-state index is 12.2. The van der Waals surface area contributed by atoms with Crippen LogP contribution in [0.2, 0.25) is 0 Å². The number of hydrogen-bond acceptors (Lipinski definition) is 3. The van der Waals surface area contributed by atoms with E-state index < -0.39 is 0 Å². The summed E-state index contributed by atoms with van der Waals surface area (Å²) in [5.74, 6) is 0.891. The molecule has 0 aliphatic carbocycles. The maximum absolute atomic E-state index is 12.2. The van der Waals surface area contributed by atoms with Gasteiger partial charge in [-0.25, -0.2) is 0 Å². The van der Waals surface area contributed by atoms with E-state index in [0.717, 1.165) is 17.7 Å². The van der Waals surface area contributed by atoms with Gasteiger partial charge in [-0.3, -0.25) is 4.79 Å². The second kappa shape index (κ2) is 5.67. The van der Waals surface area contributed by atoms with Crippen LogP contribution in [0.1, 0.15) is 15.3 Å². The van der Waals surface area contributed by atoms with Crippen molar-refractivity contribution in [2.24, 2.45) is 5.92 Å². The van der Waals surface area contributed by atoms with E-state index in [0.29, 0.717) is 13.2 Å². The highest BCUT2D eigenvalue weighted by Gasteiger charge is 2.25. The molecule has 104 valence electrons. The molecule has 1 aromatic heterocycles. The van der Waals surface area contributed by atoms with Crippen LogP contribution in [0.3, 0.4) is 0 Å². The minimum Gasteiger partial charge on any atom is -0.492 e. The van der Waals surface area contributed by atoms with Crippen LogP contribution < -0.4 is 10.1 Å². The number of ether oxygens (including phenoxy) is 1. The fourth-order valence-electron chi connectivity index (χ4n) is 2.40. The number of carbonyl (C=O) groups is 1. The van der Waals surface area contributed by atoms with Crippen LogP contribution in [-0.2, 0) is 17.8 Å². The molecule has 3 nitrogen and oxygen atoms in total. The van der Waals surface area contributed by atoms with E-state index in [4.69, 9.17) is 4.74 Å². The molecule has 2 heterocycles. The molecule has 20 heavy (non-hydrogen) atoms. The monoisotopic (exact) mass is 287 g/mol. The molecular weight excluding hydrogens is 270 g/mol. The molecule has 1 aliphatic heterocycles. The van der Waals surface area contributed by atoms with Crippen molar-refractivity contribution in [1.29, 1.82) is 0 Å². The predicted molar refractivity (Wildman–Crippen MR) is 80.0 cm³/mol. The highest BCUT2D eigenvalue weighted by Crippen LogP contribution is 2.26. The van der Waals surface area contributed by atoms with Crippen LogP contribution in [0.25, 0.3) is 0 Å². The summed E-state index contributed by atoms with van der Waals surface area (Å²) < 4.78 is 5.66. The molecule has 1 aromatic carbocycles. The molecule has 0 bridgehead atoms. The summed E-state index contributed by atoms with van der Waals surface area (Å²) in [6.45, 7) is 3.14. The Morgan fingerprint density at radius 2 is 2.20 bits per heavy atom. The summed E-state index contributed by atoms with van der Waals surface area (Å²) in [7, 11) is 0. The van der Waals surface area contributed by atoms with E-state index in [-0.39, 0.29) is 11.8 Å². The number of nitrogens with one attached hydrogen (secondary N) is 1. The molecule has 0 unspecified atom stereocenters. The molecule has 1 atom stereocenters. The van der Waals surface area contributed by atoms with Gasteiger partial charge in [-0.05, 0) is 37.1 Å². The van der Waals surface area contributed by atoms with Gasteiger partial charge in [-0.2, -0.15) is 0 Å². The van der Waals surface area contributed by atoms with Crippen molar-refractivity contribution in [2.45, 2.75) is 19.9 Å². The smallest absolute Gasteiger partial charge is 0.227 e. The van der Waals surface area contributed by atoms with Gasteiger partial charge in [0.1, 0.15) is 12.4 Å². The van der Waals surface area contributed by atoms with Gasteiger partial charge in [-0.1, -0.05) is 18.2 Å². The average molecular weight is 287 g/mol. The Labute approximate surface area is 122 Å². The van der Waals surface area contributed by atoms with E-state index in [1.165, 1.54) is 9.75 Å². The van der Waals surface area contributed by atoms with E-state index in [1.807, 2.05) is 24.3 Å². The summed E-state index contributed by atoms with van der Waals surface area (Å²) in [4.78, 5) is 14.7. The zero-order valence-electron chi connectivity index (χ0n) is 11.4. The van der Waals surface area contributed by atoms with Crippen LogP contribution in [0.4, 0.5) is 0 Å². The van der Waals surface area contributed by atoms with Crippen molar-refractivity contribution in [3.63, 3.8) is 0 Å². The van der Waals surface area contributed by atoms with Crippen LogP contribution >= 0.6 is 11.3 Å². The van der Waals surface area contributed by atoms with E-state index in [1.54, 1.807) is 11.3 Å². The lowest BCUT2D eigenvalue weighted by Crippen LogP contribution is -2.36. The third kappa shape index (κ3) is 2.85. The summed E-state index contributed by atoms with van der Waals surface area (Å²) in [6, 6.07) is 12.1. The highest BCUT2D eigenvalue weighted by atomic mass is 32.1.